The first-order valence-corrected chi connectivity index (χ1v) is 4.18. The van der Waals surface area contributed by atoms with Crippen molar-refractivity contribution in [3.05, 3.63) is 29.6 Å². The molecule has 1 aromatic heterocycles. The van der Waals surface area contributed by atoms with E-state index in [9.17, 15) is 4.79 Å². The topological polar surface area (TPSA) is 30.0 Å². The second-order valence-corrected chi connectivity index (χ2v) is 3.44. The summed E-state index contributed by atoms with van der Waals surface area (Å²) in [5.41, 5.74) is 2.39. The Morgan fingerprint density at radius 3 is 3.00 bits per heavy atom. The highest BCUT2D eigenvalue weighted by Gasteiger charge is 2.38. The summed E-state index contributed by atoms with van der Waals surface area (Å²) in [5, 5.41) is 0. The zero-order chi connectivity index (χ0) is 8.55. The molecule has 0 aliphatic heterocycles. The normalized spacial score (nSPS) is 26.8. The number of aldehydes is 1. The molecular weight excluding hydrogens is 150 g/mol. The Morgan fingerprint density at radius 1 is 1.58 bits per heavy atom. The summed E-state index contributed by atoms with van der Waals surface area (Å²) in [6.45, 7) is 2.02. The van der Waals surface area contributed by atoms with Gasteiger partial charge in [-0.15, -0.1) is 0 Å². The van der Waals surface area contributed by atoms with Crippen LogP contribution in [0.15, 0.2) is 18.5 Å². The second kappa shape index (κ2) is 2.70. The molecule has 0 spiro atoms. The summed E-state index contributed by atoms with van der Waals surface area (Å²) < 4.78 is 0. The van der Waals surface area contributed by atoms with Gasteiger partial charge in [0.2, 0.25) is 0 Å². The number of aryl methyl sites for hydroxylation is 1. The Hall–Kier alpha value is -1.18. The zero-order valence-electron chi connectivity index (χ0n) is 7.03. The molecule has 0 bridgehead atoms. The van der Waals surface area contributed by atoms with Crippen LogP contribution in [0.5, 0.6) is 0 Å². The maximum Gasteiger partial charge on any atom is 0.123 e. The van der Waals surface area contributed by atoms with E-state index < -0.39 is 0 Å². The van der Waals surface area contributed by atoms with Crippen molar-refractivity contribution in [1.29, 1.82) is 0 Å². The number of hydrogen-bond acceptors (Lipinski definition) is 2. The smallest absolute Gasteiger partial charge is 0.123 e. The molecule has 0 amide bonds. The largest absolute Gasteiger partial charge is 0.303 e. The molecule has 1 saturated carbocycles. The number of rotatable bonds is 2. The summed E-state index contributed by atoms with van der Waals surface area (Å²) in [6.07, 6.45) is 5.75. The number of hydrogen-bond donors (Lipinski definition) is 0. The van der Waals surface area contributed by atoms with Gasteiger partial charge in [0.15, 0.2) is 0 Å². The minimum atomic E-state index is 0.258. The fourth-order valence-corrected chi connectivity index (χ4v) is 1.53. The highest BCUT2D eigenvalue weighted by Crippen LogP contribution is 2.45. The molecule has 1 aliphatic rings. The monoisotopic (exact) mass is 161 g/mol. The number of aromatic nitrogens is 1. The molecule has 1 aromatic rings. The first kappa shape index (κ1) is 7.47. The Bertz CT molecular complexity index is 308. The molecule has 0 saturated heterocycles. The van der Waals surface area contributed by atoms with Crippen molar-refractivity contribution < 1.29 is 4.79 Å². The molecule has 2 nitrogen and oxygen atoms in total. The summed E-state index contributed by atoms with van der Waals surface area (Å²) in [7, 11) is 0. The third-order valence-corrected chi connectivity index (χ3v) is 2.34. The fourth-order valence-electron chi connectivity index (χ4n) is 1.53. The molecular formula is C10H11NO. The van der Waals surface area contributed by atoms with Gasteiger partial charge in [0, 0.05) is 18.3 Å². The van der Waals surface area contributed by atoms with E-state index in [4.69, 9.17) is 0 Å². The van der Waals surface area contributed by atoms with Crippen molar-refractivity contribution in [2.24, 2.45) is 5.92 Å². The number of carbonyl (C=O) groups excluding carboxylic acids is 1. The molecule has 0 radical (unpaired) electrons. The Kier molecular flexibility index (Phi) is 1.68. The SMILES string of the molecule is Cc1cncc(C2CC2C=O)c1. The maximum atomic E-state index is 10.4. The van der Waals surface area contributed by atoms with Gasteiger partial charge >= 0.3 is 0 Å². The Morgan fingerprint density at radius 2 is 2.42 bits per heavy atom. The first-order chi connectivity index (χ1) is 5.81. The van der Waals surface area contributed by atoms with Gasteiger partial charge in [-0.1, -0.05) is 6.07 Å². The van der Waals surface area contributed by atoms with Crippen molar-refractivity contribution in [3.63, 3.8) is 0 Å². The van der Waals surface area contributed by atoms with E-state index in [2.05, 4.69) is 11.1 Å². The van der Waals surface area contributed by atoms with E-state index in [1.54, 1.807) is 0 Å². The van der Waals surface area contributed by atoms with Crippen LogP contribution in [0.2, 0.25) is 0 Å². The molecule has 62 valence electrons. The van der Waals surface area contributed by atoms with Gasteiger partial charge in [0.1, 0.15) is 6.29 Å². The van der Waals surface area contributed by atoms with Crippen molar-refractivity contribution in [3.8, 4) is 0 Å². The molecule has 2 heteroatoms. The van der Waals surface area contributed by atoms with Gasteiger partial charge < -0.3 is 4.79 Å². The highest BCUT2D eigenvalue weighted by atomic mass is 16.1. The first-order valence-electron chi connectivity index (χ1n) is 4.18. The van der Waals surface area contributed by atoms with E-state index in [1.807, 2.05) is 19.3 Å². The van der Waals surface area contributed by atoms with Crippen LogP contribution < -0.4 is 0 Å². The number of nitrogens with zero attached hydrogens (tertiary/aromatic N) is 1. The molecule has 12 heavy (non-hydrogen) atoms. The molecule has 0 N–H and O–H groups in total. The highest BCUT2D eigenvalue weighted by molar-refractivity contribution is 5.61. The van der Waals surface area contributed by atoms with E-state index in [0.29, 0.717) is 5.92 Å². The van der Waals surface area contributed by atoms with Crippen molar-refractivity contribution in [1.82, 2.24) is 4.98 Å². The maximum absolute atomic E-state index is 10.4. The quantitative estimate of drug-likeness (QED) is 0.618. The van der Waals surface area contributed by atoms with Gasteiger partial charge in [-0.05, 0) is 30.4 Å². The van der Waals surface area contributed by atoms with Gasteiger partial charge in [-0.3, -0.25) is 4.98 Å². The lowest BCUT2D eigenvalue weighted by Gasteiger charge is -1.97. The molecule has 0 aromatic carbocycles. The van der Waals surface area contributed by atoms with Crippen molar-refractivity contribution >= 4 is 6.29 Å². The van der Waals surface area contributed by atoms with Crippen LogP contribution in [-0.4, -0.2) is 11.3 Å². The van der Waals surface area contributed by atoms with Crippen molar-refractivity contribution in [2.45, 2.75) is 19.3 Å². The van der Waals surface area contributed by atoms with Crippen LogP contribution in [0.4, 0.5) is 0 Å². The lowest BCUT2D eigenvalue weighted by atomic mass is 10.1. The van der Waals surface area contributed by atoms with Crippen LogP contribution >= 0.6 is 0 Å². The molecule has 1 fully saturated rings. The third kappa shape index (κ3) is 1.24. The predicted molar refractivity (Wildman–Crippen MR) is 45.9 cm³/mol. The van der Waals surface area contributed by atoms with Gasteiger partial charge in [0.25, 0.3) is 0 Å². The van der Waals surface area contributed by atoms with E-state index in [-0.39, 0.29) is 5.92 Å². The lowest BCUT2D eigenvalue weighted by molar-refractivity contribution is -0.108. The summed E-state index contributed by atoms with van der Waals surface area (Å²) in [6, 6.07) is 2.11. The molecule has 2 atom stereocenters. The minimum Gasteiger partial charge on any atom is -0.303 e. The Labute approximate surface area is 71.6 Å². The third-order valence-electron chi connectivity index (χ3n) is 2.34. The molecule has 2 unspecified atom stereocenters. The summed E-state index contributed by atoms with van der Waals surface area (Å²) in [4.78, 5) is 14.5. The summed E-state index contributed by atoms with van der Waals surface area (Å²) >= 11 is 0. The van der Waals surface area contributed by atoms with E-state index in [1.165, 1.54) is 11.1 Å². The average molecular weight is 161 g/mol. The van der Waals surface area contributed by atoms with Gasteiger partial charge in [-0.2, -0.15) is 0 Å². The van der Waals surface area contributed by atoms with Crippen molar-refractivity contribution in [2.75, 3.05) is 0 Å². The van der Waals surface area contributed by atoms with Crippen LogP contribution in [0.1, 0.15) is 23.5 Å². The number of carbonyl (C=O) groups is 1. The van der Waals surface area contributed by atoms with Crippen LogP contribution in [0.3, 0.4) is 0 Å². The van der Waals surface area contributed by atoms with E-state index >= 15 is 0 Å². The number of pyridine rings is 1. The molecule has 1 heterocycles. The van der Waals surface area contributed by atoms with Crippen LogP contribution in [-0.2, 0) is 4.79 Å². The lowest BCUT2D eigenvalue weighted by Crippen LogP contribution is -1.87. The second-order valence-electron chi connectivity index (χ2n) is 3.44. The van der Waals surface area contributed by atoms with Crippen LogP contribution in [0, 0.1) is 12.8 Å². The average Bonchev–Trinajstić information content (AvgIpc) is 2.83. The van der Waals surface area contributed by atoms with E-state index in [0.717, 1.165) is 12.7 Å². The summed E-state index contributed by atoms with van der Waals surface area (Å²) in [5.74, 6) is 0.712. The zero-order valence-corrected chi connectivity index (χ0v) is 7.03. The van der Waals surface area contributed by atoms with Gasteiger partial charge in [-0.25, -0.2) is 0 Å². The Balaban J connectivity index is 2.19. The molecule has 2 rings (SSSR count). The standard InChI is InChI=1S/C10H11NO/c1-7-2-8(5-11-4-7)10-3-9(10)6-12/h2,4-6,9-10H,3H2,1H3. The van der Waals surface area contributed by atoms with Gasteiger partial charge in [0.05, 0.1) is 0 Å². The fraction of sp³-hybridized carbons (Fsp3) is 0.400. The predicted octanol–water partition coefficient (Wildman–Crippen LogP) is 1.69. The molecule has 1 aliphatic carbocycles. The van der Waals surface area contributed by atoms with Crippen LogP contribution in [0.25, 0.3) is 0 Å². The minimum absolute atomic E-state index is 0.258.